The molecule has 0 aliphatic carbocycles. The van der Waals surface area contributed by atoms with Crippen LogP contribution in [0, 0.1) is 0 Å². The van der Waals surface area contributed by atoms with Crippen LogP contribution in [0.25, 0.3) is 6.08 Å². The Balaban J connectivity index is 2.07. The predicted octanol–water partition coefficient (Wildman–Crippen LogP) is 3.92. The second-order valence-electron chi connectivity index (χ2n) is 5.10. The first-order valence-electron chi connectivity index (χ1n) is 6.95. The fourth-order valence-electron chi connectivity index (χ4n) is 1.88. The van der Waals surface area contributed by atoms with Crippen LogP contribution in [0.1, 0.15) is 48.3 Å². The summed E-state index contributed by atoms with van der Waals surface area (Å²) in [6, 6.07) is 8.49. The van der Waals surface area contributed by atoms with Gasteiger partial charge in [0.15, 0.2) is 5.78 Å². The highest BCUT2D eigenvalue weighted by Crippen LogP contribution is 2.10. The molecule has 1 aromatic heterocycles. The van der Waals surface area contributed by atoms with E-state index in [-0.39, 0.29) is 11.8 Å². The monoisotopic (exact) mass is 268 g/mol. The molecule has 20 heavy (non-hydrogen) atoms. The van der Waals surface area contributed by atoms with Gasteiger partial charge >= 0.3 is 0 Å². The zero-order valence-corrected chi connectivity index (χ0v) is 12.2. The molecule has 0 aliphatic heterocycles. The zero-order chi connectivity index (χ0) is 14.5. The minimum atomic E-state index is -0.0172. The number of carbonyl (C=O) groups excluding carboxylic acids is 1. The van der Waals surface area contributed by atoms with Gasteiger partial charge in [0.1, 0.15) is 0 Å². The van der Waals surface area contributed by atoms with Crippen molar-refractivity contribution in [2.75, 3.05) is 0 Å². The van der Waals surface area contributed by atoms with E-state index in [9.17, 15) is 4.79 Å². The van der Waals surface area contributed by atoms with Crippen LogP contribution in [0.2, 0.25) is 0 Å². The van der Waals surface area contributed by atoms with Crippen LogP contribution in [0.5, 0.6) is 0 Å². The average Bonchev–Trinajstić information content (AvgIpc) is 2.95. The van der Waals surface area contributed by atoms with Crippen molar-refractivity contribution >= 4 is 11.9 Å². The third-order valence-electron chi connectivity index (χ3n) is 3.23. The zero-order valence-electron chi connectivity index (χ0n) is 12.2. The first-order valence-corrected chi connectivity index (χ1v) is 6.95. The van der Waals surface area contributed by atoms with E-state index in [1.165, 1.54) is 5.56 Å². The van der Waals surface area contributed by atoms with Crippen LogP contribution < -0.4 is 0 Å². The molecule has 0 spiro atoms. The molecule has 2 rings (SSSR count). The molecule has 0 atom stereocenters. The second kappa shape index (κ2) is 6.33. The Morgan fingerprint density at radius 1 is 1.30 bits per heavy atom. The molecule has 3 nitrogen and oxygen atoms in total. The maximum atomic E-state index is 12.0. The summed E-state index contributed by atoms with van der Waals surface area (Å²) in [4.78, 5) is 12.0. The molecule has 0 N–H and O–H groups in total. The molecule has 0 fully saturated rings. The van der Waals surface area contributed by atoms with E-state index in [0.717, 1.165) is 12.0 Å². The number of nitrogens with zero attached hydrogens (tertiary/aromatic N) is 2. The number of aromatic nitrogens is 2. The fourth-order valence-corrected chi connectivity index (χ4v) is 1.88. The van der Waals surface area contributed by atoms with E-state index in [0.29, 0.717) is 5.56 Å². The number of ketones is 1. The largest absolute Gasteiger partial charge is 0.289 e. The highest BCUT2D eigenvalue weighted by atomic mass is 16.1. The third-order valence-corrected chi connectivity index (χ3v) is 3.23. The number of aryl methyl sites for hydroxylation is 1. The number of carbonyl (C=O) groups is 1. The molecule has 0 saturated heterocycles. The van der Waals surface area contributed by atoms with Gasteiger partial charge in [-0.15, -0.1) is 0 Å². The number of hydrogen-bond donors (Lipinski definition) is 0. The topological polar surface area (TPSA) is 34.9 Å². The van der Waals surface area contributed by atoms with Gasteiger partial charge in [0, 0.05) is 12.2 Å². The molecule has 1 heterocycles. The van der Waals surface area contributed by atoms with Gasteiger partial charge in [-0.2, -0.15) is 5.10 Å². The maximum Gasteiger partial charge on any atom is 0.189 e. The van der Waals surface area contributed by atoms with Crippen molar-refractivity contribution in [3.8, 4) is 0 Å². The van der Waals surface area contributed by atoms with E-state index >= 15 is 0 Å². The van der Waals surface area contributed by atoms with E-state index in [2.05, 4.69) is 24.2 Å². The fraction of sp³-hybridized carbons (Fsp3) is 0.294. The van der Waals surface area contributed by atoms with Crippen LogP contribution in [-0.4, -0.2) is 15.6 Å². The maximum absolute atomic E-state index is 12.0. The molecule has 0 saturated carbocycles. The molecular formula is C17H20N2O. The predicted molar refractivity (Wildman–Crippen MR) is 81.8 cm³/mol. The first kappa shape index (κ1) is 14.3. The van der Waals surface area contributed by atoms with Crippen LogP contribution in [-0.2, 0) is 6.42 Å². The minimum Gasteiger partial charge on any atom is -0.289 e. The molecule has 0 unspecified atom stereocenters. The normalized spacial score (nSPS) is 11.4. The summed E-state index contributed by atoms with van der Waals surface area (Å²) in [6.07, 6.45) is 7.87. The molecule has 3 heteroatoms. The summed E-state index contributed by atoms with van der Waals surface area (Å²) < 4.78 is 1.79. The van der Waals surface area contributed by atoms with E-state index < -0.39 is 0 Å². The van der Waals surface area contributed by atoms with Crippen molar-refractivity contribution in [2.24, 2.45) is 0 Å². The number of rotatable bonds is 5. The SMILES string of the molecule is CCc1ccc(C=CC(=O)c2cnn(C(C)C)c2)cc1. The minimum absolute atomic E-state index is 0.0172. The quantitative estimate of drug-likeness (QED) is 0.608. The number of hydrogen-bond acceptors (Lipinski definition) is 2. The summed E-state index contributed by atoms with van der Waals surface area (Å²) >= 11 is 0. The van der Waals surface area contributed by atoms with E-state index in [1.54, 1.807) is 23.2 Å². The van der Waals surface area contributed by atoms with Gasteiger partial charge in [0.2, 0.25) is 0 Å². The molecular weight excluding hydrogens is 248 g/mol. The van der Waals surface area contributed by atoms with Crippen LogP contribution >= 0.6 is 0 Å². The van der Waals surface area contributed by atoms with Crippen molar-refractivity contribution in [1.82, 2.24) is 9.78 Å². The van der Waals surface area contributed by atoms with Gasteiger partial charge in [-0.05, 0) is 37.5 Å². The summed E-state index contributed by atoms with van der Waals surface area (Å²) in [7, 11) is 0. The molecule has 0 aliphatic rings. The highest BCUT2D eigenvalue weighted by molar-refractivity contribution is 6.06. The van der Waals surface area contributed by atoms with E-state index in [1.807, 2.05) is 32.1 Å². The van der Waals surface area contributed by atoms with Crippen LogP contribution in [0.4, 0.5) is 0 Å². The summed E-state index contributed by atoms with van der Waals surface area (Å²) in [5.74, 6) is -0.0172. The van der Waals surface area contributed by atoms with Crippen molar-refractivity contribution < 1.29 is 4.79 Å². The lowest BCUT2D eigenvalue weighted by atomic mass is 10.1. The van der Waals surface area contributed by atoms with Gasteiger partial charge in [-0.1, -0.05) is 37.3 Å². The molecule has 2 aromatic rings. The smallest absolute Gasteiger partial charge is 0.189 e. The lowest BCUT2D eigenvalue weighted by molar-refractivity contribution is 0.104. The number of benzene rings is 1. The molecule has 1 aromatic carbocycles. The van der Waals surface area contributed by atoms with Crippen molar-refractivity contribution in [3.05, 3.63) is 59.4 Å². The van der Waals surface area contributed by atoms with E-state index in [4.69, 9.17) is 0 Å². The van der Waals surface area contributed by atoms with Crippen LogP contribution in [0.15, 0.2) is 42.7 Å². The van der Waals surface area contributed by atoms with Gasteiger partial charge in [0.25, 0.3) is 0 Å². The molecule has 104 valence electrons. The Hall–Kier alpha value is -2.16. The molecule has 0 bridgehead atoms. The lowest BCUT2D eigenvalue weighted by Crippen LogP contribution is -2.00. The van der Waals surface area contributed by atoms with Crippen LogP contribution in [0.3, 0.4) is 0 Å². The Morgan fingerprint density at radius 2 is 2.00 bits per heavy atom. The van der Waals surface area contributed by atoms with Gasteiger partial charge in [-0.3, -0.25) is 9.48 Å². The standard InChI is InChI=1S/C17H20N2O/c1-4-14-5-7-15(8-6-14)9-10-17(20)16-11-18-19(12-16)13(2)3/h5-13H,4H2,1-3H3. The Kier molecular flexibility index (Phi) is 4.51. The highest BCUT2D eigenvalue weighted by Gasteiger charge is 2.06. The van der Waals surface area contributed by atoms with Gasteiger partial charge in [0.05, 0.1) is 11.8 Å². The summed E-state index contributed by atoms with van der Waals surface area (Å²) in [5, 5.41) is 4.18. The summed E-state index contributed by atoms with van der Waals surface area (Å²) in [5.41, 5.74) is 2.96. The molecule has 0 amide bonds. The first-order chi connectivity index (χ1) is 9.60. The molecule has 0 radical (unpaired) electrons. The Labute approximate surface area is 119 Å². The van der Waals surface area contributed by atoms with Crippen molar-refractivity contribution in [3.63, 3.8) is 0 Å². The Bertz CT molecular complexity index is 606. The number of allylic oxidation sites excluding steroid dienone is 1. The van der Waals surface area contributed by atoms with Gasteiger partial charge in [-0.25, -0.2) is 0 Å². The second-order valence-corrected chi connectivity index (χ2v) is 5.10. The van der Waals surface area contributed by atoms with Crippen molar-refractivity contribution in [1.29, 1.82) is 0 Å². The summed E-state index contributed by atoms with van der Waals surface area (Å²) in [6.45, 7) is 6.19. The van der Waals surface area contributed by atoms with Gasteiger partial charge < -0.3 is 0 Å². The Morgan fingerprint density at radius 3 is 2.55 bits per heavy atom. The third kappa shape index (κ3) is 3.44. The average molecular weight is 268 g/mol. The lowest BCUT2D eigenvalue weighted by Gasteiger charge is -2.02. The van der Waals surface area contributed by atoms with Crippen molar-refractivity contribution in [2.45, 2.75) is 33.2 Å².